The number of benzene rings is 2. The summed E-state index contributed by atoms with van der Waals surface area (Å²) in [5, 5.41) is 5.40. The van der Waals surface area contributed by atoms with Gasteiger partial charge in [0.1, 0.15) is 5.75 Å². The minimum Gasteiger partial charge on any atom is -0.494 e. The third kappa shape index (κ3) is 6.84. The molecule has 26 heavy (non-hydrogen) atoms. The van der Waals surface area contributed by atoms with Crippen LogP contribution < -0.4 is 21.1 Å². The summed E-state index contributed by atoms with van der Waals surface area (Å²) in [4.78, 5) is 22.7. The van der Waals surface area contributed by atoms with E-state index in [1.165, 1.54) is 5.56 Å². The standard InChI is InChI=1S/C20H25N3O3/c1-15-4-10-18(11-5-15)26-13-3-2-12-22-19(24)17-8-6-16(7-9-17)14-23-20(21)25/h4-11H,2-3,12-14H2,1H3,(H,22,24)(H3,21,23,25). The van der Waals surface area contributed by atoms with Crippen molar-refractivity contribution in [3.8, 4) is 5.75 Å². The summed E-state index contributed by atoms with van der Waals surface area (Å²) in [6.07, 6.45) is 1.71. The van der Waals surface area contributed by atoms with Crippen LogP contribution in [0.1, 0.15) is 34.3 Å². The van der Waals surface area contributed by atoms with Gasteiger partial charge in [0.15, 0.2) is 0 Å². The van der Waals surface area contributed by atoms with Gasteiger partial charge < -0.3 is 21.1 Å². The second-order valence-corrected chi connectivity index (χ2v) is 6.04. The Labute approximate surface area is 153 Å². The van der Waals surface area contributed by atoms with Crippen LogP contribution in [0.25, 0.3) is 0 Å². The smallest absolute Gasteiger partial charge is 0.312 e. The molecule has 0 bridgehead atoms. The van der Waals surface area contributed by atoms with E-state index in [0.717, 1.165) is 24.2 Å². The van der Waals surface area contributed by atoms with Crippen molar-refractivity contribution in [3.05, 3.63) is 65.2 Å². The first-order chi connectivity index (χ1) is 12.5. The van der Waals surface area contributed by atoms with Gasteiger partial charge in [-0.3, -0.25) is 4.79 Å². The molecular formula is C20H25N3O3. The Bertz CT molecular complexity index is 712. The minimum atomic E-state index is -0.571. The molecule has 6 heteroatoms. The molecule has 0 aromatic heterocycles. The van der Waals surface area contributed by atoms with Crippen LogP contribution in [0.4, 0.5) is 4.79 Å². The Morgan fingerprint density at radius 2 is 1.65 bits per heavy atom. The quantitative estimate of drug-likeness (QED) is 0.604. The van der Waals surface area contributed by atoms with Gasteiger partial charge in [0.25, 0.3) is 5.91 Å². The maximum atomic E-state index is 12.1. The molecule has 0 saturated heterocycles. The number of primary amides is 1. The van der Waals surface area contributed by atoms with Crippen LogP contribution in [0.2, 0.25) is 0 Å². The third-order valence-electron chi connectivity index (χ3n) is 3.83. The van der Waals surface area contributed by atoms with Crippen LogP contribution >= 0.6 is 0 Å². The van der Waals surface area contributed by atoms with Crippen molar-refractivity contribution >= 4 is 11.9 Å². The van der Waals surface area contributed by atoms with E-state index in [1.54, 1.807) is 24.3 Å². The molecule has 0 radical (unpaired) electrons. The largest absolute Gasteiger partial charge is 0.494 e. The Balaban J connectivity index is 1.62. The number of hydrogen-bond acceptors (Lipinski definition) is 3. The first-order valence-corrected chi connectivity index (χ1v) is 8.64. The van der Waals surface area contributed by atoms with Crippen molar-refractivity contribution in [3.63, 3.8) is 0 Å². The molecule has 0 aliphatic heterocycles. The van der Waals surface area contributed by atoms with Crippen LogP contribution in [-0.4, -0.2) is 25.1 Å². The maximum absolute atomic E-state index is 12.1. The summed E-state index contributed by atoms with van der Waals surface area (Å²) < 4.78 is 5.65. The normalized spacial score (nSPS) is 10.2. The molecule has 2 aromatic carbocycles. The average Bonchev–Trinajstić information content (AvgIpc) is 2.64. The molecule has 0 spiro atoms. The molecule has 2 rings (SSSR count). The van der Waals surface area contributed by atoms with Gasteiger partial charge in [0.2, 0.25) is 0 Å². The summed E-state index contributed by atoms with van der Waals surface area (Å²) in [6, 6.07) is 14.4. The Morgan fingerprint density at radius 3 is 2.31 bits per heavy atom. The second-order valence-electron chi connectivity index (χ2n) is 6.04. The topological polar surface area (TPSA) is 93.4 Å². The molecule has 0 atom stereocenters. The molecule has 0 heterocycles. The third-order valence-corrected chi connectivity index (χ3v) is 3.83. The van der Waals surface area contributed by atoms with Crippen molar-refractivity contribution in [1.29, 1.82) is 0 Å². The van der Waals surface area contributed by atoms with Gasteiger partial charge in [-0.05, 0) is 49.6 Å². The highest BCUT2D eigenvalue weighted by atomic mass is 16.5. The lowest BCUT2D eigenvalue weighted by Gasteiger charge is -2.08. The molecule has 0 saturated carbocycles. The van der Waals surface area contributed by atoms with Crippen molar-refractivity contribution < 1.29 is 14.3 Å². The van der Waals surface area contributed by atoms with Crippen molar-refractivity contribution in [2.45, 2.75) is 26.3 Å². The number of nitrogens with one attached hydrogen (secondary N) is 2. The van der Waals surface area contributed by atoms with Crippen molar-refractivity contribution in [2.75, 3.05) is 13.2 Å². The number of ether oxygens (including phenoxy) is 1. The number of rotatable bonds is 9. The predicted molar refractivity (Wildman–Crippen MR) is 101 cm³/mol. The van der Waals surface area contributed by atoms with E-state index in [-0.39, 0.29) is 5.91 Å². The molecule has 0 fully saturated rings. The van der Waals surface area contributed by atoms with E-state index in [2.05, 4.69) is 10.6 Å². The number of unbranched alkanes of at least 4 members (excludes halogenated alkanes) is 1. The van der Waals surface area contributed by atoms with E-state index < -0.39 is 6.03 Å². The number of hydrogen-bond donors (Lipinski definition) is 3. The highest BCUT2D eigenvalue weighted by Gasteiger charge is 2.05. The average molecular weight is 355 g/mol. The molecule has 0 unspecified atom stereocenters. The first kappa shape index (κ1) is 19.3. The summed E-state index contributed by atoms with van der Waals surface area (Å²) in [7, 11) is 0. The molecular weight excluding hydrogens is 330 g/mol. The van der Waals surface area contributed by atoms with E-state index >= 15 is 0 Å². The molecule has 2 aromatic rings. The van der Waals surface area contributed by atoms with Gasteiger partial charge in [-0.25, -0.2) is 4.79 Å². The lowest BCUT2D eigenvalue weighted by Crippen LogP contribution is -2.28. The highest BCUT2D eigenvalue weighted by Crippen LogP contribution is 2.11. The Hall–Kier alpha value is -3.02. The van der Waals surface area contributed by atoms with Gasteiger partial charge in [-0.2, -0.15) is 0 Å². The van der Waals surface area contributed by atoms with Crippen LogP contribution in [-0.2, 0) is 6.54 Å². The highest BCUT2D eigenvalue weighted by molar-refractivity contribution is 5.94. The molecule has 6 nitrogen and oxygen atoms in total. The van der Waals surface area contributed by atoms with E-state index in [0.29, 0.717) is 25.3 Å². The molecule has 0 aliphatic carbocycles. The first-order valence-electron chi connectivity index (χ1n) is 8.64. The minimum absolute atomic E-state index is 0.112. The molecule has 0 aliphatic rings. The Kier molecular flexibility index (Phi) is 7.49. The van der Waals surface area contributed by atoms with E-state index in [9.17, 15) is 9.59 Å². The van der Waals surface area contributed by atoms with Gasteiger partial charge in [0.05, 0.1) is 6.61 Å². The number of urea groups is 1. The molecule has 4 N–H and O–H groups in total. The fourth-order valence-electron chi connectivity index (χ4n) is 2.32. The fraction of sp³-hybridized carbons (Fsp3) is 0.300. The monoisotopic (exact) mass is 355 g/mol. The van der Waals surface area contributed by atoms with Crippen molar-refractivity contribution in [2.24, 2.45) is 5.73 Å². The number of amides is 3. The summed E-state index contributed by atoms with van der Waals surface area (Å²) in [5.74, 6) is 0.754. The maximum Gasteiger partial charge on any atom is 0.312 e. The van der Waals surface area contributed by atoms with Gasteiger partial charge in [0, 0.05) is 18.7 Å². The number of carbonyl (C=O) groups is 2. The van der Waals surface area contributed by atoms with Gasteiger partial charge in [-0.15, -0.1) is 0 Å². The van der Waals surface area contributed by atoms with E-state index in [4.69, 9.17) is 10.5 Å². The van der Waals surface area contributed by atoms with Crippen LogP contribution in [0, 0.1) is 6.92 Å². The Morgan fingerprint density at radius 1 is 0.962 bits per heavy atom. The van der Waals surface area contributed by atoms with Crippen LogP contribution in [0.15, 0.2) is 48.5 Å². The SMILES string of the molecule is Cc1ccc(OCCCCNC(=O)c2ccc(CNC(N)=O)cc2)cc1. The molecule has 138 valence electrons. The number of carbonyl (C=O) groups excluding carboxylic acids is 2. The zero-order chi connectivity index (χ0) is 18.8. The van der Waals surface area contributed by atoms with Crippen LogP contribution in [0.3, 0.4) is 0 Å². The predicted octanol–water partition coefficient (Wildman–Crippen LogP) is 2.75. The summed E-state index contributed by atoms with van der Waals surface area (Å²) >= 11 is 0. The lowest BCUT2D eigenvalue weighted by atomic mass is 10.1. The zero-order valence-electron chi connectivity index (χ0n) is 15.0. The zero-order valence-corrected chi connectivity index (χ0v) is 15.0. The summed E-state index contributed by atoms with van der Waals surface area (Å²) in [5.41, 5.74) is 7.70. The van der Waals surface area contributed by atoms with E-state index in [1.807, 2.05) is 31.2 Å². The summed E-state index contributed by atoms with van der Waals surface area (Å²) in [6.45, 7) is 3.61. The number of nitrogens with two attached hydrogens (primary N) is 1. The van der Waals surface area contributed by atoms with Crippen molar-refractivity contribution in [1.82, 2.24) is 10.6 Å². The lowest BCUT2D eigenvalue weighted by molar-refractivity contribution is 0.0952. The fourth-order valence-corrected chi connectivity index (χ4v) is 2.32. The van der Waals surface area contributed by atoms with Crippen LogP contribution in [0.5, 0.6) is 5.75 Å². The number of aryl methyl sites for hydroxylation is 1. The van der Waals surface area contributed by atoms with Gasteiger partial charge >= 0.3 is 6.03 Å². The molecule has 3 amide bonds. The second kappa shape index (κ2) is 10.1. The van der Waals surface area contributed by atoms with Gasteiger partial charge in [-0.1, -0.05) is 29.8 Å².